The number of fused-ring (bicyclic) bond motifs is 1. The number of nitrogens with two attached hydrogens (primary N) is 1. The zero-order chi connectivity index (χ0) is 13.0. The van der Waals surface area contributed by atoms with Crippen molar-refractivity contribution in [3.05, 3.63) is 17.3 Å². The minimum atomic E-state index is -0.198. The standard InChI is InChI=1S/C11H13N3O2S2/c1-16-9(15)3-4-17-6-8-13-10(12)7-2-5-18-11(7)14-8/h2,5H,3-4,6H2,1H3,(H2,12,13,14). The van der Waals surface area contributed by atoms with Gasteiger partial charge in [0, 0.05) is 5.75 Å². The molecule has 2 aromatic heterocycles. The average molecular weight is 283 g/mol. The van der Waals surface area contributed by atoms with Crippen molar-refractivity contribution < 1.29 is 9.53 Å². The third-order valence-corrected chi connectivity index (χ3v) is 4.07. The van der Waals surface area contributed by atoms with Crippen LogP contribution < -0.4 is 5.73 Å². The first-order valence-corrected chi connectivity index (χ1v) is 7.38. The SMILES string of the molecule is COC(=O)CCSCc1nc(N)c2ccsc2n1. The van der Waals surface area contributed by atoms with Gasteiger partial charge in [0.15, 0.2) is 0 Å². The number of rotatable bonds is 5. The van der Waals surface area contributed by atoms with Gasteiger partial charge in [-0.05, 0) is 11.4 Å². The van der Waals surface area contributed by atoms with Gasteiger partial charge in [-0.3, -0.25) is 4.79 Å². The van der Waals surface area contributed by atoms with E-state index >= 15 is 0 Å². The van der Waals surface area contributed by atoms with Gasteiger partial charge in [0.05, 0.1) is 24.7 Å². The molecule has 5 nitrogen and oxygen atoms in total. The number of nitrogen functional groups attached to an aromatic ring is 1. The Morgan fingerprint density at radius 3 is 3.17 bits per heavy atom. The van der Waals surface area contributed by atoms with Gasteiger partial charge in [-0.1, -0.05) is 0 Å². The molecule has 18 heavy (non-hydrogen) atoms. The lowest BCUT2D eigenvalue weighted by Gasteiger charge is -2.02. The molecule has 2 aromatic rings. The van der Waals surface area contributed by atoms with Crippen LogP contribution in [0.3, 0.4) is 0 Å². The molecule has 0 saturated carbocycles. The van der Waals surface area contributed by atoms with E-state index in [1.807, 2.05) is 11.4 Å². The molecule has 0 atom stereocenters. The summed E-state index contributed by atoms with van der Waals surface area (Å²) in [5.41, 5.74) is 5.85. The maximum atomic E-state index is 10.9. The molecule has 2 rings (SSSR count). The Labute approximate surface area is 113 Å². The number of nitrogens with zero attached hydrogens (tertiary/aromatic N) is 2. The normalized spacial score (nSPS) is 10.7. The van der Waals surface area contributed by atoms with Crippen LogP contribution in [0.2, 0.25) is 0 Å². The number of aromatic nitrogens is 2. The molecule has 0 spiro atoms. The van der Waals surface area contributed by atoms with E-state index in [0.29, 0.717) is 29.6 Å². The van der Waals surface area contributed by atoms with E-state index in [0.717, 1.165) is 10.2 Å². The van der Waals surface area contributed by atoms with Gasteiger partial charge in [0.1, 0.15) is 16.5 Å². The van der Waals surface area contributed by atoms with Crippen molar-refractivity contribution in [3.63, 3.8) is 0 Å². The number of anilines is 1. The molecule has 2 N–H and O–H groups in total. The summed E-state index contributed by atoms with van der Waals surface area (Å²) in [6.45, 7) is 0. The van der Waals surface area contributed by atoms with Gasteiger partial charge in [-0.25, -0.2) is 9.97 Å². The maximum Gasteiger partial charge on any atom is 0.306 e. The van der Waals surface area contributed by atoms with Crippen LogP contribution in [0.5, 0.6) is 0 Å². The zero-order valence-electron chi connectivity index (χ0n) is 9.88. The highest BCUT2D eigenvalue weighted by atomic mass is 32.2. The lowest BCUT2D eigenvalue weighted by Crippen LogP contribution is -2.02. The molecule has 0 radical (unpaired) electrons. The number of hydrogen-bond acceptors (Lipinski definition) is 7. The number of carbonyl (C=O) groups excluding carboxylic acids is 1. The third kappa shape index (κ3) is 3.11. The molecular formula is C11H13N3O2S2. The monoisotopic (exact) mass is 283 g/mol. The minimum absolute atomic E-state index is 0.198. The summed E-state index contributed by atoms with van der Waals surface area (Å²) in [4.78, 5) is 20.5. The third-order valence-electron chi connectivity index (χ3n) is 2.31. The molecular weight excluding hydrogens is 270 g/mol. The Balaban J connectivity index is 1.93. The second-order valence-corrected chi connectivity index (χ2v) is 5.54. The molecule has 0 aromatic carbocycles. The first-order chi connectivity index (χ1) is 8.70. The van der Waals surface area contributed by atoms with Crippen LogP contribution in [0, 0.1) is 0 Å². The quantitative estimate of drug-likeness (QED) is 0.668. The lowest BCUT2D eigenvalue weighted by atomic mass is 10.4. The van der Waals surface area contributed by atoms with Crippen LogP contribution >= 0.6 is 23.1 Å². The van der Waals surface area contributed by atoms with Gasteiger partial charge in [-0.2, -0.15) is 11.8 Å². The second-order valence-electron chi connectivity index (χ2n) is 3.54. The summed E-state index contributed by atoms with van der Waals surface area (Å²) in [5.74, 6) is 2.37. The number of carbonyl (C=O) groups is 1. The van der Waals surface area contributed by atoms with Crippen LogP contribution in [0.4, 0.5) is 5.82 Å². The summed E-state index contributed by atoms with van der Waals surface area (Å²) in [6.07, 6.45) is 0.401. The fourth-order valence-electron chi connectivity index (χ4n) is 1.41. The van der Waals surface area contributed by atoms with Crippen molar-refractivity contribution in [2.45, 2.75) is 12.2 Å². The zero-order valence-corrected chi connectivity index (χ0v) is 11.5. The van der Waals surface area contributed by atoms with Crippen molar-refractivity contribution in [1.82, 2.24) is 9.97 Å². The molecule has 7 heteroatoms. The molecule has 0 saturated heterocycles. The van der Waals surface area contributed by atoms with Crippen LogP contribution in [-0.2, 0) is 15.3 Å². The summed E-state index contributed by atoms with van der Waals surface area (Å²) in [7, 11) is 1.39. The number of thiophene rings is 1. The largest absolute Gasteiger partial charge is 0.469 e. The average Bonchev–Trinajstić information content (AvgIpc) is 2.83. The maximum absolute atomic E-state index is 10.9. The summed E-state index contributed by atoms with van der Waals surface area (Å²) in [6, 6.07) is 1.92. The summed E-state index contributed by atoms with van der Waals surface area (Å²) < 4.78 is 4.57. The minimum Gasteiger partial charge on any atom is -0.469 e. The van der Waals surface area contributed by atoms with Crippen molar-refractivity contribution in [2.75, 3.05) is 18.6 Å². The van der Waals surface area contributed by atoms with E-state index < -0.39 is 0 Å². The predicted octanol–water partition coefficient (Wildman–Crippen LogP) is 2.07. The van der Waals surface area contributed by atoms with Crippen molar-refractivity contribution in [3.8, 4) is 0 Å². The highest BCUT2D eigenvalue weighted by Crippen LogP contribution is 2.24. The molecule has 0 unspecified atom stereocenters. The number of esters is 1. The van der Waals surface area contributed by atoms with Gasteiger partial charge in [0.25, 0.3) is 0 Å². The Kier molecular flexibility index (Phi) is 4.38. The van der Waals surface area contributed by atoms with Crippen molar-refractivity contribution in [1.29, 1.82) is 0 Å². The van der Waals surface area contributed by atoms with Gasteiger partial charge >= 0.3 is 5.97 Å². The highest BCUT2D eigenvalue weighted by Gasteiger charge is 2.07. The summed E-state index contributed by atoms with van der Waals surface area (Å²) >= 11 is 3.14. The van der Waals surface area contributed by atoms with Gasteiger partial charge < -0.3 is 10.5 Å². The topological polar surface area (TPSA) is 78.1 Å². The van der Waals surface area contributed by atoms with Crippen LogP contribution in [-0.4, -0.2) is 28.8 Å². The predicted molar refractivity (Wildman–Crippen MR) is 74.6 cm³/mol. The molecule has 0 fully saturated rings. The number of hydrogen-bond donors (Lipinski definition) is 1. The smallest absolute Gasteiger partial charge is 0.306 e. The number of thioether (sulfide) groups is 1. The van der Waals surface area contributed by atoms with E-state index in [4.69, 9.17) is 5.73 Å². The molecule has 0 amide bonds. The van der Waals surface area contributed by atoms with E-state index in [2.05, 4.69) is 14.7 Å². The van der Waals surface area contributed by atoms with Crippen molar-refractivity contribution in [2.24, 2.45) is 0 Å². The first kappa shape index (κ1) is 13.1. The Hall–Kier alpha value is -1.34. The number of methoxy groups -OCH3 is 1. The fraction of sp³-hybridized carbons (Fsp3) is 0.364. The highest BCUT2D eigenvalue weighted by molar-refractivity contribution is 7.98. The fourth-order valence-corrected chi connectivity index (χ4v) is 2.97. The molecule has 0 aliphatic heterocycles. The van der Waals surface area contributed by atoms with Crippen molar-refractivity contribution >= 4 is 45.1 Å². The second kappa shape index (κ2) is 6.01. The molecule has 0 aliphatic carbocycles. The van der Waals surface area contributed by atoms with Crippen LogP contribution in [0.1, 0.15) is 12.2 Å². The van der Waals surface area contributed by atoms with Gasteiger partial charge in [-0.15, -0.1) is 11.3 Å². The molecule has 2 heterocycles. The number of ether oxygens (including phenoxy) is 1. The van der Waals surface area contributed by atoms with Crippen LogP contribution in [0.25, 0.3) is 10.2 Å². The van der Waals surface area contributed by atoms with E-state index in [-0.39, 0.29) is 5.97 Å². The van der Waals surface area contributed by atoms with E-state index in [1.54, 1.807) is 23.1 Å². The first-order valence-electron chi connectivity index (χ1n) is 5.35. The van der Waals surface area contributed by atoms with E-state index in [9.17, 15) is 4.79 Å². The molecule has 0 bridgehead atoms. The molecule has 0 aliphatic rings. The van der Waals surface area contributed by atoms with E-state index in [1.165, 1.54) is 7.11 Å². The summed E-state index contributed by atoms with van der Waals surface area (Å²) in [5, 5.41) is 2.85. The lowest BCUT2D eigenvalue weighted by molar-refractivity contribution is -0.140. The van der Waals surface area contributed by atoms with Gasteiger partial charge in [0.2, 0.25) is 0 Å². The molecule has 96 valence electrons. The van der Waals surface area contributed by atoms with Crippen LogP contribution in [0.15, 0.2) is 11.4 Å². The Morgan fingerprint density at radius 1 is 1.56 bits per heavy atom. The Bertz CT molecular complexity index is 556. The Morgan fingerprint density at radius 2 is 2.39 bits per heavy atom.